The Hall–Kier alpha value is -1.79. The molecule has 1 aromatic carbocycles. The van der Waals surface area contributed by atoms with Crippen molar-refractivity contribution in [3.05, 3.63) is 35.1 Å². The largest absolute Gasteiger partial charge is 0.385 e. The van der Waals surface area contributed by atoms with E-state index in [1.807, 2.05) is 0 Å². The van der Waals surface area contributed by atoms with E-state index in [1.54, 1.807) is 0 Å². The first-order valence-corrected chi connectivity index (χ1v) is 4.37. The van der Waals surface area contributed by atoms with Crippen molar-refractivity contribution < 1.29 is 24.2 Å². The first-order valence-electron chi connectivity index (χ1n) is 4.37. The van der Waals surface area contributed by atoms with Gasteiger partial charge in [-0.05, 0) is 23.8 Å². The second kappa shape index (κ2) is 4.82. The minimum absolute atomic E-state index is 0.0193. The van der Waals surface area contributed by atoms with E-state index in [0.717, 1.165) is 18.2 Å². The summed E-state index contributed by atoms with van der Waals surface area (Å²) in [6, 6.07) is 3.02. The summed E-state index contributed by atoms with van der Waals surface area (Å²) in [7, 11) is 0. The molecule has 1 amide bonds. The van der Waals surface area contributed by atoms with E-state index in [4.69, 9.17) is 5.73 Å². The molecule has 6 heteroatoms. The van der Waals surface area contributed by atoms with Crippen LogP contribution in [0.25, 0.3) is 0 Å². The highest BCUT2D eigenvalue weighted by Gasteiger charge is 2.25. The first-order chi connectivity index (χ1) is 7.47. The average Bonchev–Trinajstić information content (AvgIpc) is 2.26. The number of hydrogen-bond donors (Lipinski definition) is 3. The number of hydrogen-bond acceptors (Lipinski definition) is 4. The summed E-state index contributed by atoms with van der Waals surface area (Å²) in [4.78, 5) is 21.2. The van der Waals surface area contributed by atoms with E-state index in [0.29, 0.717) is 6.29 Å². The molecule has 0 aliphatic carbocycles. The SMILES string of the molecule is NC(=O)C(O)C(O)c1cc(F)ccc1C=O. The quantitative estimate of drug-likeness (QED) is 0.604. The number of benzene rings is 1. The number of aliphatic hydroxyl groups is 2. The summed E-state index contributed by atoms with van der Waals surface area (Å²) < 4.78 is 12.9. The van der Waals surface area contributed by atoms with Crippen LogP contribution in [0, 0.1) is 5.82 Å². The number of rotatable bonds is 4. The van der Waals surface area contributed by atoms with Gasteiger partial charge in [0, 0.05) is 5.56 Å². The molecule has 0 radical (unpaired) electrons. The van der Waals surface area contributed by atoms with Gasteiger partial charge in [0.2, 0.25) is 5.91 Å². The number of amides is 1. The van der Waals surface area contributed by atoms with Gasteiger partial charge in [-0.15, -0.1) is 0 Å². The zero-order valence-corrected chi connectivity index (χ0v) is 8.13. The van der Waals surface area contributed by atoms with Gasteiger partial charge in [-0.1, -0.05) is 0 Å². The van der Waals surface area contributed by atoms with Crippen LogP contribution in [0.1, 0.15) is 22.0 Å². The lowest BCUT2D eigenvalue weighted by molar-refractivity contribution is -0.132. The van der Waals surface area contributed by atoms with E-state index in [1.165, 1.54) is 0 Å². The van der Waals surface area contributed by atoms with Crippen molar-refractivity contribution in [2.45, 2.75) is 12.2 Å². The summed E-state index contributed by atoms with van der Waals surface area (Å²) in [6.45, 7) is 0. The van der Waals surface area contributed by atoms with Gasteiger partial charge in [0.1, 0.15) is 18.2 Å². The molecule has 86 valence electrons. The lowest BCUT2D eigenvalue weighted by Crippen LogP contribution is -2.34. The molecule has 0 aliphatic heterocycles. The van der Waals surface area contributed by atoms with Crippen LogP contribution in [0.4, 0.5) is 4.39 Å². The summed E-state index contributed by atoms with van der Waals surface area (Å²) in [5.74, 6) is -1.86. The average molecular weight is 227 g/mol. The zero-order valence-electron chi connectivity index (χ0n) is 8.13. The van der Waals surface area contributed by atoms with Gasteiger partial charge in [0.05, 0.1) is 0 Å². The Morgan fingerprint density at radius 2 is 2.06 bits per heavy atom. The summed E-state index contributed by atoms with van der Waals surface area (Å²) in [6.07, 6.45) is -3.24. The van der Waals surface area contributed by atoms with Crippen molar-refractivity contribution >= 4 is 12.2 Å². The lowest BCUT2D eigenvalue weighted by Gasteiger charge is -2.16. The fourth-order valence-corrected chi connectivity index (χ4v) is 1.23. The van der Waals surface area contributed by atoms with Crippen LogP contribution in [0.2, 0.25) is 0 Å². The maximum atomic E-state index is 12.9. The number of primary amides is 1. The standard InChI is InChI=1S/C10H10FNO4/c11-6-2-1-5(4-13)7(3-6)8(14)9(15)10(12)16/h1-4,8-9,14-15H,(H2,12,16). The number of halogens is 1. The molecular formula is C10H10FNO4. The van der Waals surface area contributed by atoms with E-state index in [-0.39, 0.29) is 11.1 Å². The lowest BCUT2D eigenvalue weighted by atomic mass is 9.99. The van der Waals surface area contributed by atoms with Crippen molar-refractivity contribution in [2.75, 3.05) is 0 Å². The molecule has 0 fully saturated rings. The van der Waals surface area contributed by atoms with Gasteiger partial charge in [-0.2, -0.15) is 0 Å². The van der Waals surface area contributed by atoms with E-state index in [9.17, 15) is 24.2 Å². The Balaban J connectivity index is 3.15. The van der Waals surface area contributed by atoms with Crippen molar-refractivity contribution in [1.29, 1.82) is 0 Å². The Kier molecular flexibility index (Phi) is 3.70. The maximum absolute atomic E-state index is 12.9. The molecule has 0 spiro atoms. The molecule has 0 aliphatic rings. The molecule has 0 saturated carbocycles. The van der Waals surface area contributed by atoms with Gasteiger partial charge in [-0.3, -0.25) is 9.59 Å². The molecule has 0 aromatic heterocycles. The third-order valence-corrected chi connectivity index (χ3v) is 2.09. The van der Waals surface area contributed by atoms with Crippen molar-refractivity contribution in [1.82, 2.24) is 0 Å². The number of aliphatic hydroxyl groups excluding tert-OH is 2. The third-order valence-electron chi connectivity index (χ3n) is 2.09. The molecule has 1 rings (SSSR count). The summed E-state index contributed by atoms with van der Waals surface area (Å²) in [5, 5.41) is 18.7. The molecule has 4 N–H and O–H groups in total. The Morgan fingerprint density at radius 3 is 2.56 bits per heavy atom. The fraction of sp³-hybridized carbons (Fsp3) is 0.200. The van der Waals surface area contributed by atoms with Gasteiger partial charge in [-0.25, -0.2) is 4.39 Å². The molecule has 2 atom stereocenters. The summed E-state index contributed by atoms with van der Waals surface area (Å²) in [5.41, 5.74) is 4.57. The van der Waals surface area contributed by atoms with Crippen LogP contribution in [-0.2, 0) is 4.79 Å². The van der Waals surface area contributed by atoms with E-state index in [2.05, 4.69) is 0 Å². The highest BCUT2D eigenvalue weighted by atomic mass is 19.1. The fourth-order valence-electron chi connectivity index (χ4n) is 1.23. The third kappa shape index (κ3) is 2.41. The molecule has 5 nitrogen and oxygen atoms in total. The molecule has 1 aromatic rings. The predicted octanol–water partition coefficient (Wildman–Crippen LogP) is -0.482. The molecule has 16 heavy (non-hydrogen) atoms. The summed E-state index contributed by atoms with van der Waals surface area (Å²) >= 11 is 0. The van der Waals surface area contributed by atoms with Crippen LogP contribution in [0.3, 0.4) is 0 Å². The second-order valence-corrected chi connectivity index (χ2v) is 3.18. The smallest absolute Gasteiger partial charge is 0.249 e. The van der Waals surface area contributed by atoms with Crippen LogP contribution in [0.5, 0.6) is 0 Å². The Bertz CT molecular complexity index is 421. The van der Waals surface area contributed by atoms with Crippen LogP contribution < -0.4 is 5.73 Å². The zero-order chi connectivity index (χ0) is 12.3. The number of nitrogens with two attached hydrogens (primary N) is 1. The van der Waals surface area contributed by atoms with Crippen LogP contribution in [-0.4, -0.2) is 28.5 Å². The van der Waals surface area contributed by atoms with E-state index >= 15 is 0 Å². The maximum Gasteiger partial charge on any atom is 0.249 e. The minimum Gasteiger partial charge on any atom is -0.385 e. The Labute approximate surface area is 90.3 Å². The van der Waals surface area contributed by atoms with Gasteiger partial charge in [0.15, 0.2) is 6.10 Å². The van der Waals surface area contributed by atoms with E-state index < -0.39 is 23.9 Å². The van der Waals surface area contributed by atoms with Gasteiger partial charge >= 0.3 is 0 Å². The first kappa shape index (κ1) is 12.3. The highest BCUT2D eigenvalue weighted by Crippen LogP contribution is 2.21. The monoisotopic (exact) mass is 227 g/mol. The van der Waals surface area contributed by atoms with Crippen molar-refractivity contribution in [2.24, 2.45) is 5.73 Å². The molecule has 2 unspecified atom stereocenters. The van der Waals surface area contributed by atoms with Gasteiger partial charge < -0.3 is 15.9 Å². The molecular weight excluding hydrogens is 217 g/mol. The van der Waals surface area contributed by atoms with Crippen LogP contribution in [0.15, 0.2) is 18.2 Å². The normalized spacial score (nSPS) is 14.2. The number of aldehydes is 1. The molecule has 0 bridgehead atoms. The van der Waals surface area contributed by atoms with Crippen molar-refractivity contribution in [3.8, 4) is 0 Å². The second-order valence-electron chi connectivity index (χ2n) is 3.18. The van der Waals surface area contributed by atoms with Gasteiger partial charge in [0.25, 0.3) is 0 Å². The number of carbonyl (C=O) groups is 2. The highest BCUT2D eigenvalue weighted by molar-refractivity contribution is 5.81. The minimum atomic E-state index is -1.89. The Morgan fingerprint density at radius 1 is 1.44 bits per heavy atom. The molecule has 0 saturated heterocycles. The predicted molar refractivity (Wildman–Crippen MR) is 51.9 cm³/mol. The van der Waals surface area contributed by atoms with Crippen LogP contribution >= 0.6 is 0 Å². The topological polar surface area (TPSA) is 101 Å². The van der Waals surface area contributed by atoms with Crippen molar-refractivity contribution in [3.63, 3.8) is 0 Å². The molecule has 0 heterocycles. The number of carbonyl (C=O) groups excluding carboxylic acids is 2.